The van der Waals surface area contributed by atoms with E-state index in [1.165, 1.54) is 61.1 Å². The van der Waals surface area contributed by atoms with Gasteiger partial charge in [0.1, 0.15) is 102 Å². The number of unbranched alkanes of at least 4 members (excludes halogenated alkanes) is 1. The number of rotatable bonds is 60. The Bertz CT molecular complexity index is 5900. The summed E-state index contributed by atoms with van der Waals surface area (Å²) in [6.45, 7) is -3.30. The van der Waals surface area contributed by atoms with E-state index in [1.54, 1.807) is 121 Å². The molecule has 0 unspecified atom stereocenters. The third kappa shape index (κ3) is 36.2. The Kier molecular flexibility index (Phi) is 45.2. The average molecular weight is 2070 g/mol. The average Bonchev–Trinajstić information content (AvgIpc) is 1.64. The van der Waals surface area contributed by atoms with E-state index in [-0.39, 0.29) is 105 Å². The number of hydrogen-bond donors (Lipinski definition) is 28. The number of carboxylic acid groups (broad SMARTS) is 1. The van der Waals surface area contributed by atoms with Crippen LogP contribution in [0.15, 0.2) is 183 Å². The Hall–Kier alpha value is -16.3. The third-order valence-corrected chi connectivity index (χ3v) is 24.5. The zero-order valence-corrected chi connectivity index (χ0v) is 81.4. The first-order valence-electron chi connectivity index (χ1n) is 47.6. The molecule has 2 aromatic heterocycles. The van der Waals surface area contributed by atoms with Crippen molar-refractivity contribution < 1.29 is 122 Å². The molecule has 0 radical (unpaired) electrons. The molecule has 9 rings (SSSR count). The number of benzene rings is 6. The summed E-state index contributed by atoms with van der Waals surface area (Å²) in [5.41, 5.74) is 31.7. The number of nitrogens with two attached hydrogens (primary N) is 5. The molecule has 1 fully saturated rings. The molecule has 8 aromatic rings. The molecule has 0 spiro atoms. The highest BCUT2D eigenvalue weighted by atomic mass is 32.1. The number of primary amides is 3. The van der Waals surface area contributed by atoms with Gasteiger partial charge in [0.2, 0.25) is 106 Å². The van der Waals surface area contributed by atoms with E-state index >= 15 is 33.6 Å². The number of amides is 18. The molecule has 1 aliphatic heterocycles. The van der Waals surface area contributed by atoms with Crippen LogP contribution < -0.4 is 103 Å². The Morgan fingerprint density at radius 1 is 0.385 bits per heavy atom. The lowest BCUT2D eigenvalue weighted by Crippen LogP contribution is -2.62. The lowest BCUT2D eigenvalue weighted by molar-refractivity contribution is -0.142. The van der Waals surface area contributed by atoms with Gasteiger partial charge >= 0.3 is 5.97 Å². The van der Waals surface area contributed by atoms with E-state index < -0.39 is 274 Å². The predicted octanol–water partition coefficient (Wildman–Crippen LogP) is -6.07. The molecule has 49 heteroatoms. The van der Waals surface area contributed by atoms with Crippen molar-refractivity contribution in [3.63, 3.8) is 0 Å². The Morgan fingerprint density at radius 3 is 1.16 bits per heavy atom. The van der Waals surface area contributed by atoms with Crippen LogP contribution >= 0.6 is 12.6 Å². The molecule has 16 atom stereocenters. The summed E-state index contributed by atoms with van der Waals surface area (Å²) in [6, 6.07) is 14.9. The van der Waals surface area contributed by atoms with Crippen molar-refractivity contribution >= 4 is 136 Å². The van der Waals surface area contributed by atoms with Crippen LogP contribution in [0.1, 0.15) is 103 Å². The van der Waals surface area contributed by atoms with Crippen molar-refractivity contribution in [2.75, 3.05) is 38.7 Å². The van der Waals surface area contributed by atoms with Gasteiger partial charge in [-0.3, -0.25) is 86.3 Å². The lowest BCUT2D eigenvalue weighted by atomic mass is 10.00. The quantitative estimate of drug-likeness (QED) is 0.0125. The summed E-state index contributed by atoms with van der Waals surface area (Å²) in [5, 5.41) is 97.7. The number of aromatic amines is 2. The highest BCUT2D eigenvalue weighted by Gasteiger charge is 2.43. The van der Waals surface area contributed by atoms with Gasteiger partial charge in [-0.15, -0.1) is 0 Å². The van der Waals surface area contributed by atoms with Crippen LogP contribution in [-0.4, -0.2) is 298 Å². The van der Waals surface area contributed by atoms with Gasteiger partial charge in [0.15, 0.2) is 0 Å². The summed E-state index contributed by atoms with van der Waals surface area (Å²) in [5.74, 6) is -21.5. The normalized spacial score (nSPS) is 15.2. The predicted molar refractivity (Wildman–Crippen MR) is 534 cm³/mol. The number of H-pyrrole nitrogens is 2. The molecule has 1 saturated heterocycles. The van der Waals surface area contributed by atoms with Gasteiger partial charge in [-0.05, 0) is 115 Å². The second-order valence-corrected chi connectivity index (χ2v) is 35.7. The molecule has 0 bridgehead atoms. The number of carboxylic acids is 1. The van der Waals surface area contributed by atoms with E-state index in [2.05, 4.69) is 102 Å². The maximum atomic E-state index is 15.4. The van der Waals surface area contributed by atoms with Gasteiger partial charge in [-0.1, -0.05) is 133 Å². The summed E-state index contributed by atoms with van der Waals surface area (Å²) in [4.78, 5) is 281. The zero-order valence-electron chi connectivity index (χ0n) is 80.5. The molecular weight excluding hydrogens is 1940 g/mol. The number of aliphatic hydroxyl groups excluding tert-OH is 3. The summed E-state index contributed by atoms with van der Waals surface area (Å²) in [6.07, 6.45) is -1.24. The van der Waals surface area contributed by atoms with E-state index in [0.29, 0.717) is 39.6 Å². The smallest absolute Gasteiger partial charge is 0.326 e. The number of phenolic OH excluding ortho intramolecular Hbond substituents is 2. The minimum Gasteiger partial charge on any atom is -0.508 e. The first-order valence-corrected chi connectivity index (χ1v) is 48.2. The fourth-order valence-electron chi connectivity index (χ4n) is 16.1. The SMILES string of the molecule is NCCCC[C@H](NC(=O)[C@H](Cc1c[nH]c2ccccc12)NC(=O)[C@H](Cc1ccccc1)NC(=O)[C@H](CCC(N)=O)NC(=O)[C@H](Cc1ccc(O)cc1)NC(=O)[C@H](CCC(N)=O)NC(=O)[C@H](CO)NC(=O)[C@H](Cc1ccc(O)cc1)NC(=O)[C@@H]1CCCN1C(=O)[C@H](Cc1ccccc1)NC(=O)[C@H](Cc1cnc[nH]1)NC(=O)[C@H](CO)NC(=O)[C@H](CO)NC(=O)[C@@H](N)CS)C(=O)N[C@@H](CC(N)=O)C(=O)N[C@@H](Cc1ccccc1)C(=O)O. The molecule has 18 amide bonds. The van der Waals surface area contributed by atoms with Crippen LogP contribution in [0.25, 0.3) is 10.9 Å². The number of aromatic hydroxyl groups is 2. The standard InChI is InChI=1S/C99H125N23O25S/c100-37-13-12-23-66(85(132)115-74(46-83(104)130)93(140)118-76(99(146)147)43-56-19-8-3-9-20-56)108-91(138)72(44-59-47-106-65-22-11-10-21-63(59)65)113-89(136)69(39-54-15-4-1-5-16-54)111-86(133)67(33-35-81(102)128)109-88(135)70(40-57-25-29-61(126)30-26-57)112-87(134)68(34-36-82(103)129)110-94(141)78(50-124)120-90(137)71(41-58-27-31-62(127)32-28-58)116-97(144)80-24-14-38-122(80)98(145)75(42-55-17-6-2-7-18-55)117-92(139)73(45-60-48-105-53-107-60)114-95(142)79(51-125)121-96(143)77(49-123)119-84(131)64(101)52-148/h1-11,15-22,25-32,47-48,53,64,66-80,106,123-127,148H,12-14,23-24,33-46,49-52,100-101H2,(H2,102,128)(H2,103,129)(H2,104,130)(H,105,107)(H,108,138)(H,109,135)(H,110,141)(H,111,133)(H,112,134)(H,113,136)(H,114,142)(H,115,132)(H,116,144)(H,117,139)(H,118,140)(H,119,131)(H,120,137)(H,121,143)(H,146,147)/t64-,66-,67-,68-,69-,70-,71-,72-,73-,74-,75-,76-,77-,78-,79-,80-/m0/s1. The number of aliphatic hydroxyl groups is 3. The number of likely N-dealkylation sites (tertiary alicyclic amines) is 1. The fourth-order valence-corrected chi connectivity index (χ4v) is 16.3. The fraction of sp³-hybridized carbons (Fsp3) is 0.394. The third-order valence-electron chi connectivity index (χ3n) is 24.1. The topological polar surface area (TPSA) is 792 Å². The van der Waals surface area contributed by atoms with Crippen LogP contribution in [0.4, 0.5) is 0 Å². The number of thiol groups is 1. The number of nitrogens with zero attached hydrogens (tertiary/aromatic N) is 2. The number of aromatic nitrogens is 3. The highest BCUT2D eigenvalue weighted by molar-refractivity contribution is 7.80. The number of phenols is 2. The second kappa shape index (κ2) is 58.0. The summed E-state index contributed by atoms with van der Waals surface area (Å²) < 4.78 is 0. The number of carbonyl (C=O) groups is 19. The van der Waals surface area contributed by atoms with Gasteiger partial charge in [0.25, 0.3) is 0 Å². The van der Waals surface area contributed by atoms with Crippen molar-refractivity contribution in [2.45, 2.75) is 206 Å². The summed E-state index contributed by atoms with van der Waals surface area (Å²) >= 11 is 3.96. The van der Waals surface area contributed by atoms with Crippen LogP contribution in [0.3, 0.4) is 0 Å². The maximum absolute atomic E-state index is 15.4. The van der Waals surface area contributed by atoms with Gasteiger partial charge in [-0.2, -0.15) is 12.6 Å². The van der Waals surface area contributed by atoms with E-state index in [1.807, 2.05) is 0 Å². The maximum Gasteiger partial charge on any atom is 0.326 e. The molecule has 32 N–H and O–H groups in total. The van der Waals surface area contributed by atoms with Gasteiger partial charge < -0.3 is 149 Å². The molecule has 0 saturated carbocycles. The number of imidazole rings is 1. The number of para-hydroxylation sites is 1. The highest BCUT2D eigenvalue weighted by Crippen LogP contribution is 2.25. The van der Waals surface area contributed by atoms with E-state index in [4.69, 9.17) is 28.7 Å². The lowest BCUT2D eigenvalue weighted by Gasteiger charge is -2.31. The number of fused-ring (bicyclic) bond motifs is 1. The first kappa shape index (κ1) is 115. The van der Waals surface area contributed by atoms with Gasteiger partial charge in [0, 0.05) is 99.1 Å². The largest absolute Gasteiger partial charge is 0.508 e. The molecule has 148 heavy (non-hydrogen) atoms. The molecule has 0 aliphatic carbocycles. The van der Waals surface area contributed by atoms with Crippen molar-refractivity contribution in [3.8, 4) is 11.5 Å². The number of aliphatic carboxylic acids is 1. The second-order valence-electron chi connectivity index (χ2n) is 35.3. The first-order chi connectivity index (χ1) is 70.8. The van der Waals surface area contributed by atoms with E-state index in [0.717, 1.165) is 4.90 Å². The molecular formula is C99H125N23O25S. The number of nitrogens with one attached hydrogen (secondary N) is 16. The molecule has 3 heterocycles. The zero-order chi connectivity index (χ0) is 108. The van der Waals surface area contributed by atoms with Crippen molar-refractivity contribution in [3.05, 3.63) is 222 Å². The molecule has 792 valence electrons. The minimum absolute atomic E-state index is 0.0506. The Balaban J connectivity index is 0.945. The molecule has 1 aliphatic rings. The van der Waals surface area contributed by atoms with Gasteiger partial charge in [0.05, 0.1) is 38.6 Å². The van der Waals surface area contributed by atoms with Crippen molar-refractivity contribution in [1.29, 1.82) is 0 Å². The monoisotopic (exact) mass is 2070 g/mol. The Morgan fingerprint density at radius 2 is 0.736 bits per heavy atom. The molecule has 48 nitrogen and oxygen atoms in total. The number of carbonyl (C=O) groups excluding carboxylic acids is 18. The van der Waals surface area contributed by atoms with Crippen LogP contribution in [0.5, 0.6) is 11.5 Å². The Labute approximate surface area is 853 Å². The van der Waals surface area contributed by atoms with Crippen molar-refractivity contribution in [2.24, 2.45) is 28.7 Å². The van der Waals surface area contributed by atoms with Crippen molar-refractivity contribution in [1.82, 2.24) is 94.3 Å². The van der Waals surface area contributed by atoms with Gasteiger partial charge in [-0.25, -0.2) is 9.78 Å². The minimum atomic E-state index is -2.05. The van der Waals surface area contributed by atoms with Crippen LogP contribution in [0, 0.1) is 0 Å². The van der Waals surface area contributed by atoms with E-state index in [9.17, 15) is 88.2 Å². The molecule has 6 aromatic carbocycles. The summed E-state index contributed by atoms with van der Waals surface area (Å²) in [7, 11) is 0. The van der Waals surface area contributed by atoms with Crippen LogP contribution in [0.2, 0.25) is 0 Å². The van der Waals surface area contributed by atoms with Crippen LogP contribution in [-0.2, 0) is 136 Å². The number of hydrogen-bond acceptors (Lipinski definition) is 28.